The molecule has 1 saturated heterocycles. The van der Waals surface area contributed by atoms with Crippen molar-refractivity contribution in [2.24, 2.45) is 0 Å². The molecule has 1 amide bonds. The van der Waals surface area contributed by atoms with Gasteiger partial charge in [-0.2, -0.15) is 0 Å². The number of allylic oxidation sites excluding steroid dienone is 2. The highest BCUT2D eigenvalue weighted by Gasteiger charge is 2.51. The predicted molar refractivity (Wildman–Crippen MR) is 169 cm³/mol. The zero-order valence-corrected chi connectivity index (χ0v) is 26.5. The first kappa shape index (κ1) is 31.8. The molecule has 1 aliphatic carbocycles. The Bertz CT molecular complexity index is 1730. The van der Waals surface area contributed by atoms with E-state index in [0.29, 0.717) is 11.1 Å². The maximum absolute atomic E-state index is 14.3. The Balaban J connectivity index is 1.25. The molecular weight excluding hydrogens is 582 g/mol. The second-order valence-electron chi connectivity index (χ2n) is 11.9. The van der Waals surface area contributed by atoms with Gasteiger partial charge in [0.05, 0.1) is 29.1 Å². The van der Waals surface area contributed by atoms with E-state index in [2.05, 4.69) is 10.2 Å². The van der Waals surface area contributed by atoms with Gasteiger partial charge in [-0.15, -0.1) is 0 Å². The molecule has 2 N–H and O–H groups in total. The molecule has 44 heavy (non-hydrogen) atoms. The van der Waals surface area contributed by atoms with Crippen molar-refractivity contribution in [3.8, 4) is 0 Å². The number of sulfonamides is 1. The summed E-state index contributed by atoms with van der Waals surface area (Å²) in [7, 11) is -2.66. The number of rotatable bonds is 9. The van der Waals surface area contributed by atoms with Gasteiger partial charge in [0.1, 0.15) is 5.82 Å². The summed E-state index contributed by atoms with van der Waals surface area (Å²) >= 11 is 0. The fourth-order valence-corrected chi connectivity index (χ4v) is 5.89. The van der Waals surface area contributed by atoms with E-state index < -0.39 is 34.2 Å². The Hall–Kier alpha value is -3.61. The van der Waals surface area contributed by atoms with Crippen molar-refractivity contribution in [3.05, 3.63) is 100 Å². The molecule has 5 rings (SSSR count). The molecule has 0 spiro atoms. The van der Waals surface area contributed by atoms with Crippen molar-refractivity contribution < 1.29 is 31.7 Å². The maximum Gasteiger partial charge on any atom is 0.494 e. The summed E-state index contributed by atoms with van der Waals surface area (Å²) in [5.74, 6) is -0.774. The van der Waals surface area contributed by atoms with E-state index >= 15 is 0 Å². The topological polar surface area (TPSA) is 103 Å². The minimum Gasteiger partial charge on any atom is -0.399 e. The highest BCUT2D eigenvalue weighted by molar-refractivity contribution is 7.89. The number of halogens is 1. The van der Waals surface area contributed by atoms with Gasteiger partial charge in [0.25, 0.3) is 0 Å². The zero-order valence-electron chi connectivity index (χ0n) is 25.7. The van der Waals surface area contributed by atoms with E-state index in [4.69, 9.17) is 14.1 Å². The molecule has 2 aliphatic rings. The average Bonchev–Trinajstić information content (AvgIpc) is 3.35. The van der Waals surface area contributed by atoms with E-state index in [1.54, 1.807) is 18.2 Å². The number of amides is 1. The van der Waals surface area contributed by atoms with Crippen LogP contribution in [0.4, 0.5) is 4.39 Å². The molecule has 3 aromatic rings. The molecule has 3 aromatic carbocycles. The third kappa shape index (κ3) is 6.43. The molecule has 1 aliphatic heterocycles. The molecule has 0 atom stereocenters. The van der Waals surface area contributed by atoms with Gasteiger partial charge in [-0.3, -0.25) is 9.63 Å². The third-order valence-corrected chi connectivity index (χ3v) is 9.92. The summed E-state index contributed by atoms with van der Waals surface area (Å²) in [6.07, 6.45) is 1.89. The molecular formula is C33H36BFN2O6S. The van der Waals surface area contributed by atoms with Crippen molar-refractivity contribution in [3.63, 3.8) is 0 Å². The Morgan fingerprint density at radius 3 is 2.20 bits per heavy atom. The molecule has 1 heterocycles. The van der Waals surface area contributed by atoms with Crippen molar-refractivity contribution in [1.29, 1.82) is 0 Å². The van der Waals surface area contributed by atoms with Crippen LogP contribution in [0.1, 0.15) is 63.3 Å². The van der Waals surface area contributed by atoms with Gasteiger partial charge < -0.3 is 9.31 Å². The summed E-state index contributed by atoms with van der Waals surface area (Å²) in [6.45, 7) is 10.1. The van der Waals surface area contributed by atoms with Crippen LogP contribution < -0.4 is 15.7 Å². The minimum absolute atomic E-state index is 0.0140. The Kier molecular flexibility index (Phi) is 8.72. The lowest BCUT2D eigenvalue weighted by atomic mass is 9.79. The van der Waals surface area contributed by atoms with Crippen LogP contribution in [-0.4, -0.2) is 39.7 Å². The average molecular weight is 619 g/mol. The third-order valence-electron chi connectivity index (χ3n) is 8.49. The van der Waals surface area contributed by atoms with Crippen molar-refractivity contribution >= 4 is 45.7 Å². The summed E-state index contributed by atoms with van der Waals surface area (Å²) in [5.41, 5.74) is 7.94. The Labute approximate surface area is 258 Å². The number of fused-ring (bicyclic) bond motifs is 1. The molecule has 230 valence electrons. The molecule has 11 heteroatoms. The lowest BCUT2D eigenvalue weighted by molar-refractivity contribution is -0.133. The standard InChI is InChI=1S/C33H36BFN2O6S/c1-21-28(17-22-9-14-26(15-10-22)44(39,40)36-6)27-16-13-25(35)18-30(27)29(21)19-31(38)37-41-20-23-7-11-24(12-8-23)34-42-32(2,3)33(4,5)43-34/h7-18,36H,19-20H2,1-6H3,(H,37,38). The van der Waals surface area contributed by atoms with Gasteiger partial charge in [-0.25, -0.2) is 23.0 Å². The fourth-order valence-electron chi connectivity index (χ4n) is 5.16. The van der Waals surface area contributed by atoms with Crippen LogP contribution in [0.15, 0.2) is 77.2 Å². The number of benzene rings is 3. The second kappa shape index (κ2) is 12.1. The zero-order chi connectivity index (χ0) is 31.9. The molecule has 0 bridgehead atoms. The predicted octanol–water partition coefficient (Wildman–Crippen LogP) is 5.00. The lowest BCUT2D eigenvalue weighted by Crippen LogP contribution is -2.41. The number of hydroxylamine groups is 1. The fraction of sp³-hybridized carbons (Fsp3) is 0.303. The van der Waals surface area contributed by atoms with E-state index in [-0.39, 0.29) is 23.8 Å². The van der Waals surface area contributed by atoms with Crippen LogP contribution in [0.5, 0.6) is 0 Å². The van der Waals surface area contributed by atoms with Gasteiger partial charge >= 0.3 is 7.12 Å². The Morgan fingerprint density at radius 1 is 0.955 bits per heavy atom. The molecule has 0 aromatic heterocycles. The normalized spacial score (nSPS) is 18.2. The van der Waals surface area contributed by atoms with E-state index in [1.165, 1.54) is 31.3 Å². The summed E-state index contributed by atoms with van der Waals surface area (Å²) < 4.78 is 53.0. The van der Waals surface area contributed by atoms with Crippen LogP contribution in [0.3, 0.4) is 0 Å². The van der Waals surface area contributed by atoms with Crippen LogP contribution in [0, 0.1) is 5.82 Å². The van der Waals surface area contributed by atoms with Gasteiger partial charge in [0.15, 0.2) is 0 Å². The van der Waals surface area contributed by atoms with Gasteiger partial charge in [-0.1, -0.05) is 42.5 Å². The van der Waals surface area contributed by atoms with Gasteiger partial charge in [-0.05, 0) is 116 Å². The largest absolute Gasteiger partial charge is 0.494 e. The number of hydrogen-bond acceptors (Lipinski definition) is 6. The first-order chi connectivity index (χ1) is 20.7. The number of hydrogen-bond donors (Lipinski definition) is 2. The first-order valence-electron chi connectivity index (χ1n) is 14.3. The van der Waals surface area contributed by atoms with Crippen molar-refractivity contribution in [1.82, 2.24) is 10.2 Å². The number of carbonyl (C=O) groups is 1. The number of nitrogens with one attached hydrogen (secondary N) is 2. The van der Waals surface area contributed by atoms with Gasteiger partial charge in [0.2, 0.25) is 15.9 Å². The maximum atomic E-state index is 14.3. The summed E-state index contributed by atoms with van der Waals surface area (Å²) in [4.78, 5) is 18.6. The smallest absolute Gasteiger partial charge is 0.399 e. The van der Waals surface area contributed by atoms with Crippen LogP contribution >= 0.6 is 0 Å². The van der Waals surface area contributed by atoms with Crippen LogP contribution in [0.2, 0.25) is 0 Å². The van der Waals surface area contributed by atoms with Crippen molar-refractivity contribution in [2.75, 3.05) is 7.05 Å². The molecule has 0 unspecified atom stereocenters. The van der Waals surface area contributed by atoms with Crippen LogP contribution in [-0.2, 0) is 35.6 Å². The molecule has 0 saturated carbocycles. The number of carbonyl (C=O) groups excluding carboxylic acids is 1. The lowest BCUT2D eigenvalue weighted by Gasteiger charge is -2.32. The first-order valence-corrected chi connectivity index (χ1v) is 15.8. The molecule has 8 nitrogen and oxygen atoms in total. The summed E-state index contributed by atoms with van der Waals surface area (Å²) in [5, 5.41) is 0. The molecule has 0 radical (unpaired) electrons. The SMILES string of the molecule is CNS(=O)(=O)c1ccc(C=C2C(C)=C(CC(=O)NOCc3ccc(B4OC(C)(C)C(C)(C)O4)cc3)c3cc(F)ccc32)cc1. The summed E-state index contributed by atoms with van der Waals surface area (Å²) in [6, 6.07) is 18.6. The second-order valence-corrected chi connectivity index (χ2v) is 13.8. The quantitative estimate of drug-likeness (QED) is 0.259. The highest BCUT2D eigenvalue weighted by atomic mass is 32.2. The molecule has 1 fully saturated rings. The minimum atomic E-state index is -3.56. The van der Waals surface area contributed by atoms with Crippen LogP contribution in [0.25, 0.3) is 17.2 Å². The van der Waals surface area contributed by atoms with Gasteiger partial charge in [0, 0.05) is 0 Å². The van der Waals surface area contributed by atoms with E-state index in [0.717, 1.165) is 33.3 Å². The Morgan fingerprint density at radius 2 is 1.59 bits per heavy atom. The highest BCUT2D eigenvalue weighted by Crippen LogP contribution is 2.44. The monoisotopic (exact) mass is 618 g/mol. The van der Waals surface area contributed by atoms with E-state index in [1.807, 2.05) is 65.0 Å². The van der Waals surface area contributed by atoms with E-state index in [9.17, 15) is 17.6 Å². The van der Waals surface area contributed by atoms with Crippen molar-refractivity contribution in [2.45, 2.75) is 63.7 Å².